The minimum Gasteiger partial charge on any atom is -0.283 e. The lowest BCUT2D eigenvalue weighted by molar-refractivity contribution is 0.989. The zero-order chi connectivity index (χ0) is 15.3. The SMILES string of the molecule is Cc1cccc(-n2cnc3c(=O)n4cc(C)cnc4nc32)c1. The highest BCUT2D eigenvalue weighted by Crippen LogP contribution is 2.16. The number of rotatable bonds is 1. The lowest BCUT2D eigenvalue weighted by Gasteiger charge is -2.05. The molecule has 0 atom stereocenters. The van der Waals surface area contributed by atoms with Gasteiger partial charge >= 0.3 is 0 Å². The van der Waals surface area contributed by atoms with E-state index in [-0.39, 0.29) is 5.56 Å². The molecule has 3 heterocycles. The molecule has 0 unspecified atom stereocenters. The molecule has 0 bridgehead atoms. The van der Waals surface area contributed by atoms with Gasteiger partial charge in [-0.05, 0) is 37.1 Å². The van der Waals surface area contributed by atoms with Gasteiger partial charge < -0.3 is 0 Å². The molecule has 0 aliphatic heterocycles. The maximum Gasteiger partial charge on any atom is 0.287 e. The first-order valence-electron chi connectivity index (χ1n) is 6.92. The van der Waals surface area contributed by atoms with Gasteiger partial charge in [0.2, 0.25) is 5.78 Å². The zero-order valence-corrected chi connectivity index (χ0v) is 12.2. The van der Waals surface area contributed by atoms with Gasteiger partial charge in [0, 0.05) is 18.1 Å². The van der Waals surface area contributed by atoms with Gasteiger partial charge in [0.15, 0.2) is 11.2 Å². The minimum absolute atomic E-state index is 0.206. The van der Waals surface area contributed by atoms with Crippen molar-refractivity contribution in [2.75, 3.05) is 0 Å². The van der Waals surface area contributed by atoms with Gasteiger partial charge in [0.05, 0.1) is 0 Å². The van der Waals surface area contributed by atoms with E-state index in [1.165, 1.54) is 4.40 Å². The average molecular weight is 291 g/mol. The van der Waals surface area contributed by atoms with Crippen LogP contribution in [-0.4, -0.2) is 23.9 Å². The van der Waals surface area contributed by atoms with Crippen molar-refractivity contribution in [1.82, 2.24) is 23.9 Å². The van der Waals surface area contributed by atoms with Crippen molar-refractivity contribution in [2.45, 2.75) is 13.8 Å². The number of fused-ring (bicyclic) bond motifs is 2. The molecule has 0 aliphatic carbocycles. The molecule has 6 nitrogen and oxygen atoms in total. The Balaban J connectivity index is 2.09. The van der Waals surface area contributed by atoms with Gasteiger partial charge in [-0.25, -0.2) is 14.4 Å². The third kappa shape index (κ3) is 1.81. The fraction of sp³-hybridized carbons (Fsp3) is 0.125. The molecule has 22 heavy (non-hydrogen) atoms. The normalized spacial score (nSPS) is 11.4. The van der Waals surface area contributed by atoms with Crippen LogP contribution in [0, 0.1) is 13.8 Å². The summed E-state index contributed by atoms with van der Waals surface area (Å²) in [6.45, 7) is 3.90. The van der Waals surface area contributed by atoms with Gasteiger partial charge in [-0.2, -0.15) is 4.98 Å². The molecule has 0 N–H and O–H groups in total. The molecular weight excluding hydrogens is 278 g/mol. The summed E-state index contributed by atoms with van der Waals surface area (Å²) in [5, 5.41) is 0. The van der Waals surface area contributed by atoms with Crippen LogP contribution >= 0.6 is 0 Å². The highest BCUT2D eigenvalue weighted by atomic mass is 16.1. The van der Waals surface area contributed by atoms with Crippen molar-refractivity contribution >= 4 is 16.9 Å². The summed E-state index contributed by atoms with van der Waals surface area (Å²) in [4.78, 5) is 25.5. The van der Waals surface area contributed by atoms with Gasteiger partial charge in [0.25, 0.3) is 5.56 Å². The number of aryl methyl sites for hydroxylation is 2. The number of aromatic nitrogens is 5. The fourth-order valence-electron chi connectivity index (χ4n) is 2.52. The molecule has 4 rings (SSSR count). The van der Waals surface area contributed by atoms with Crippen LogP contribution in [0.3, 0.4) is 0 Å². The lowest BCUT2D eigenvalue weighted by Crippen LogP contribution is -2.17. The van der Waals surface area contributed by atoms with Crippen molar-refractivity contribution in [1.29, 1.82) is 0 Å². The third-order valence-electron chi connectivity index (χ3n) is 3.58. The molecule has 0 spiro atoms. The molecule has 4 aromatic rings. The summed E-state index contributed by atoms with van der Waals surface area (Å²) < 4.78 is 3.25. The van der Waals surface area contributed by atoms with E-state index < -0.39 is 0 Å². The molecular formula is C16H13N5O. The summed E-state index contributed by atoms with van der Waals surface area (Å²) in [5.74, 6) is 0.373. The van der Waals surface area contributed by atoms with E-state index in [1.54, 1.807) is 18.7 Å². The van der Waals surface area contributed by atoms with Gasteiger partial charge in [-0.15, -0.1) is 0 Å². The molecule has 0 saturated carbocycles. The Kier molecular flexibility index (Phi) is 2.59. The maximum atomic E-state index is 12.6. The van der Waals surface area contributed by atoms with Crippen LogP contribution in [0.5, 0.6) is 0 Å². The number of nitrogens with zero attached hydrogens (tertiary/aromatic N) is 5. The summed E-state index contributed by atoms with van der Waals surface area (Å²) in [6, 6.07) is 7.96. The van der Waals surface area contributed by atoms with Crippen LogP contribution in [0.4, 0.5) is 0 Å². The topological polar surface area (TPSA) is 65.1 Å². The van der Waals surface area contributed by atoms with Gasteiger partial charge in [0.1, 0.15) is 6.33 Å². The average Bonchev–Trinajstić information content (AvgIpc) is 2.92. The van der Waals surface area contributed by atoms with Crippen molar-refractivity contribution in [3.63, 3.8) is 0 Å². The minimum atomic E-state index is -0.206. The van der Waals surface area contributed by atoms with Crippen molar-refractivity contribution in [3.8, 4) is 5.69 Å². The first kappa shape index (κ1) is 12.7. The summed E-state index contributed by atoms with van der Waals surface area (Å²) in [6.07, 6.45) is 5.05. The smallest absolute Gasteiger partial charge is 0.283 e. The Hall–Kier alpha value is -3.02. The molecule has 6 heteroatoms. The van der Waals surface area contributed by atoms with E-state index in [4.69, 9.17) is 0 Å². The predicted octanol–water partition coefficient (Wildman–Crippen LogP) is 2.05. The highest BCUT2D eigenvalue weighted by Gasteiger charge is 2.13. The molecule has 0 aliphatic rings. The van der Waals surface area contributed by atoms with E-state index >= 15 is 0 Å². The van der Waals surface area contributed by atoms with Gasteiger partial charge in [-0.1, -0.05) is 12.1 Å². The molecule has 0 saturated heterocycles. The van der Waals surface area contributed by atoms with E-state index in [1.807, 2.05) is 42.7 Å². The maximum absolute atomic E-state index is 12.6. The van der Waals surface area contributed by atoms with Crippen LogP contribution in [-0.2, 0) is 0 Å². The lowest BCUT2D eigenvalue weighted by atomic mass is 10.2. The molecule has 0 amide bonds. The standard InChI is InChI=1S/C16H13N5O/c1-10-4-3-5-12(6-10)21-9-18-13-14(21)19-16-17-7-11(2)8-20(16)15(13)22/h3-9H,1-2H3. The monoisotopic (exact) mass is 291 g/mol. The Morgan fingerprint density at radius 2 is 1.95 bits per heavy atom. The van der Waals surface area contributed by atoms with E-state index in [2.05, 4.69) is 15.0 Å². The van der Waals surface area contributed by atoms with Crippen molar-refractivity contribution in [2.24, 2.45) is 0 Å². The quantitative estimate of drug-likeness (QED) is 0.538. The Morgan fingerprint density at radius 1 is 1.09 bits per heavy atom. The first-order chi connectivity index (χ1) is 10.6. The van der Waals surface area contributed by atoms with Crippen LogP contribution < -0.4 is 5.56 Å². The number of hydrogen-bond acceptors (Lipinski definition) is 4. The first-order valence-corrected chi connectivity index (χ1v) is 6.92. The van der Waals surface area contributed by atoms with Crippen LogP contribution in [0.1, 0.15) is 11.1 Å². The van der Waals surface area contributed by atoms with E-state index in [0.29, 0.717) is 16.9 Å². The second-order valence-corrected chi connectivity index (χ2v) is 5.34. The predicted molar refractivity (Wildman–Crippen MR) is 83.4 cm³/mol. The number of hydrogen-bond donors (Lipinski definition) is 0. The van der Waals surface area contributed by atoms with Crippen LogP contribution in [0.25, 0.3) is 22.6 Å². The Bertz CT molecular complexity index is 1080. The highest BCUT2D eigenvalue weighted by molar-refractivity contribution is 5.74. The number of imidazole rings is 1. The Morgan fingerprint density at radius 3 is 2.77 bits per heavy atom. The van der Waals surface area contributed by atoms with E-state index in [0.717, 1.165) is 16.8 Å². The molecule has 3 aromatic heterocycles. The third-order valence-corrected chi connectivity index (χ3v) is 3.58. The fourth-order valence-corrected chi connectivity index (χ4v) is 2.52. The summed E-state index contributed by atoms with van der Waals surface area (Å²) in [5.41, 5.74) is 3.60. The second kappa shape index (κ2) is 4.49. The van der Waals surface area contributed by atoms with Crippen LogP contribution in [0.2, 0.25) is 0 Å². The molecule has 108 valence electrons. The number of benzene rings is 1. The molecule has 0 radical (unpaired) electrons. The molecule has 0 fully saturated rings. The Labute approximate surface area is 125 Å². The second-order valence-electron chi connectivity index (χ2n) is 5.34. The van der Waals surface area contributed by atoms with E-state index in [9.17, 15) is 4.79 Å². The van der Waals surface area contributed by atoms with Crippen molar-refractivity contribution in [3.05, 3.63) is 64.5 Å². The largest absolute Gasteiger partial charge is 0.287 e. The van der Waals surface area contributed by atoms with Gasteiger partial charge in [-0.3, -0.25) is 9.36 Å². The van der Waals surface area contributed by atoms with Crippen LogP contribution in [0.15, 0.2) is 47.8 Å². The van der Waals surface area contributed by atoms with Crippen molar-refractivity contribution < 1.29 is 0 Å². The summed E-state index contributed by atoms with van der Waals surface area (Å²) in [7, 11) is 0. The summed E-state index contributed by atoms with van der Waals surface area (Å²) >= 11 is 0. The molecule has 1 aromatic carbocycles. The zero-order valence-electron chi connectivity index (χ0n) is 12.2.